The van der Waals surface area contributed by atoms with Crippen LogP contribution in [0.1, 0.15) is 39.0 Å². The lowest BCUT2D eigenvalue weighted by molar-refractivity contribution is 0.259. The first-order valence-electron chi connectivity index (χ1n) is 6.65. The Morgan fingerprint density at radius 2 is 2.11 bits per heavy atom. The molecule has 1 aliphatic rings. The minimum absolute atomic E-state index is 0.402. The van der Waals surface area contributed by atoms with Gasteiger partial charge in [0.2, 0.25) is 0 Å². The number of benzene rings is 1. The first-order chi connectivity index (χ1) is 8.70. The summed E-state index contributed by atoms with van der Waals surface area (Å²) in [5, 5.41) is 13.8. The van der Waals surface area contributed by atoms with Crippen LogP contribution < -0.4 is 5.32 Å². The van der Waals surface area contributed by atoms with Gasteiger partial charge in [0.15, 0.2) is 0 Å². The summed E-state index contributed by atoms with van der Waals surface area (Å²) in [5.74, 6) is 0.437. The molecule has 0 aliphatic heterocycles. The van der Waals surface area contributed by atoms with Crippen LogP contribution in [0.2, 0.25) is 5.02 Å². The Morgan fingerprint density at radius 1 is 1.39 bits per heavy atom. The number of nitriles is 1. The molecule has 2 nitrogen and oxygen atoms in total. The highest BCUT2D eigenvalue weighted by Crippen LogP contribution is 2.38. The summed E-state index contributed by atoms with van der Waals surface area (Å²) in [6.07, 6.45) is 5.50. The Hall–Kier alpha value is -1.20. The van der Waals surface area contributed by atoms with Crippen LogP contribution in [0.3, 0.4) is 0 Å². The lowest BCUT2D eigenvalue weighted by atomic mass is 9.72. The lowest BCUT2D eigenvalue weighted by Crippen LogP contribution is -2.46. The number of halogens is 1. The van der Waals surface area contributed by atoms with Crippen molar-refractivity contribution in [1.29, 1.82) is 5.26 Å². The van der Waals surface area contributed by atoms with Gasteiger partial charge < -0.3 is 5.32 Å². The van der Waals surface area contributed by atoms with Gasteiger partial charge in [-0.3, -0.25) is 0 Å². The van der Waals surface area contributed by atoms with E-state index in [4.69, 9.17) is 11.6 Å². The van der Waals surface area contributed by atoms with E-state index < -0.39 is 5.54 Å². The molecule has 0 aromatic heterocycles. The standard InChI is InChI=1S/C15H19ClN2/c1-2-12-5-3-4-10-15(12,11-17)18-14-8-6-13(16)7-9-14/h6-9,12,18H,2-5,10H2,1H3. The van der Waals surface area contributed by atoms with Gasteiger partial charge in [-0.2, -0.15) is 5.26 Å². The first kappa shape index (κ1) is 13.2. The van der Waals surface area contributed by atoms with Crippen molar-refractivity contribution in [2.24, 2.45) is 5.92 Å². The fourth-order valence-corrected chi connectivity index (χ4v) is 3.05. The van der Waals surface area contributed by atoms with Crippen molar-refractivity contribution in [2.75, 3.05) is 5.32 Å². The highest BCUT2D eigenvalue weighted by atomic mass is 35.5. The molecule has 0 radical (unpaired) electrons. The largest absolute Gasteiger partial charge is 0.367 e. The molecule has 0 amide bonds. The predicted molar refractivity (Wildman–Crippen MR) is 75.7 cm³/mol. The number of hydrogen-bond acceptors (Lipinski definition) is 2. The van der Waals surface area contributed by atoms with Gasteiger partial charge in [0, 0.05) is 10.7 Å². The van der Waals surface area contributed by atoms with Gasteiger partial charge in [-0.1, -0.05) is 37.8 Å². The Labute approximate surface area is 114 Å². The molecule has 2 unspecified atom stereocenters. The zero-order valence-electron chi connectivity index (χ0n) is 10.7. The Bertz CT molecular complexity index is 435. The van der Waals surface area contributed by atoms with Crippen LogP contribution in [0.4, 0.5) is 5.69 Å². The molecule has 0 heterocycles. The number of hydrogen-bond donors (Lipinski definition) is 1. The zero-order chi connectivity index (χ0) is 13.0. The maximum absolute atomic E-state index is 9.62. The molecular weight excluding hydrogens is 244 g/mol. The maximum atomic E-state index is 9.62. The van der Waals surface area contributed by atoms with Crippen molar-refractivity contribution in [1.82, 2.24) is 0 Å². The van der Waals surface area contributed by atoms with Crippen LogP contribution in [0.5, 0.6) is 0 Å². The molecule has 3 heteroatoms. The summed E-state index contributed by atoms with van der Waals surface area (Å²) in [5.41, 5.74) is 0.585. The molecule has 1 aliphatic carbocycles. The average Bonchev–Trinajstić information content (AvgIpc) is 2.42. The fraction of sp³-hybridized carbons (Fsp3) is 0.533. The van der Waals surface area contributed by atoms with E-state index in [0.29, 0.717) is 5.92 Å². The number of rotatable bonds is 3. The van der Waals surface area contributed by atoms with Crippen molar-refractivity contribution >= 4 is 17.3 Å². The molecule has 96 valence electrons. The van der Waals surface area contributed by atoms with Crippen molar-refractivity contribution in [3.05, 3.63) is 29.3 Å². The zero-order valence-corrected chi connectivity index (χ0v) is 11.5. The molecule has 1 saturated carbocycles. The lowest BCUT2D eigenvalue weighted by Gasteiger charge is -2.39. The van der Waals surface area contributed by atoms with E-state index >= 15 is 0 Å². The van der Waals surface area contributed by atoms with Gasteiger partial charge in [-0.25, -0.2) is 0 Å². The molecule has 2 rings (SSSR count). The second-order valence-corrected chi connectivity index (χ2v) is 5.50. The van der Waals surface area contributed by atoms with Gasteiger partial charge in [0.25, 0.3) is 0 Å². The molecule has 1 aromatic carbocycles. The first-order valence-corrected chi connectivity index (χ1v) is 7.03. The molecule has 1 aromatic rings. The molecule has 0 spiro atoms. The van der Waals surface area contributed by atoms with Crippen molar-refractivity contribution < 1.29 is 0 Å². The van der Waals surface area contributed by atoms with E-state index in [-0.39, 0.29) is 0 Å². The normalized spacial score (nSPS) is 27.5. The minimum atomic E-state index is -0.402. The summed E-state index contributed by atoms with van der Waals surface area (Å²) >= 11 is 5.89. The molecule has 1 N–H and O–H groups in total. The Balaban J connectivity index is 2.21. The molecule has 0 bridgehead atoms. The van der Waals surface area contributed by atoms with E-state index in [2.05, 4.69) is 18.3 Å². The van der Waals surface area contributed by atoms with Crippen LogP contribution in [-0.2, 0) is 0 Å². The summed E-state index contributed by atoms with van der Waals surface area (Å²) in [6, 6.07) is 10.2. The second kappa shape index (κ2) is 5.63. The third-order valence-corrected chi connectivity index (χ3v) is 4.23. The SMILES string of the molecule is CCC1CCCCC1(C#N)Nc1ccc(Cl)cc1. The third-order valence-electron chi connectivity index (χ3n) is 3.97. The van der Waals surface area contributed by atoms with Crippen LogP contribution in [0.15, 0.2) is 24.3 Å². The molecule has 1 fully saturated rings. The van der Waals surface area contributed by atoms with Gasteiger partial charge >= 0.3 is 0 Å². The molecular formula is C15H19ClN2. The smallest absolute Gasteiger partial charge is 0.128 e. The summed E-state index contributed by atoms with van der Waals surface area (Å²) in [6.45, 7) is 2.17. The van der Waals surface area contributed by atoms with Crippen molar-refractivity contribution in [3.8, 4) is 6.07 Å². The summed E-state index contributed by atoms with van der Waals surface area (Å²) in [4.78, 5) is 0. The van der Waals surface area contributed by atoms with Crippen molar-refractivity contribution in [3.63, 3.8) is 0 Å². The van der Waals surface area contributed by atoms with E-state index in [1.54, 1.807) is 0 Å². The quantitative estimate of drug-likeness (QED) is 0.863. The van der Waals surface area contributed by atoms with Crippen LogP contribution in [-0.4, -0.2) is 5.54 Å². The Kier molecular flexibility index (Phi) is 4.14. The monoisotopic (exact) mass is 262 g/mol. The van der Waals surface area contributed by atoms with Crippen LogP contribution >= 0.6 is 11.6 Å². The van der Waals surface area contributed by atoms with Crippen LogP contribution in [0.25, 0.3) is 0 Å². The minimum Gasteiger partial charge on any atom is -0.367 e. The van der Waals surface area contributed by atoms with Gasteiger partial charge in [0.1, 0.15) is 5.54 Å². The number of anilines is 1. The third kappa shape index (κ3) is 2.62. The number of nitrogens with one attached hydrogen (secondary N) is 1. The highest BCUT2D eigenvalue weighted by Gasteiger charge is 2.39. The highest BCUT2D eigenvalue weighted by molar-refractivity contribution is 6.30. The summed E-state index contributed by atoms with van der Waals surface area (Å²) in [7, 11) is 0. The number of nitrogens with zero attached hydrogens (tertiary/aromatic N) is 1. The second-order valence-electron chi connectivity index (χ2n) is 5.07. The van der Waals surface area contributed by atoms with E-state index in [1.165, 1.54) is 6.42 Å². The molecule has 18 heavy (non-hydrogen) atoms. The van der Waals surface area contributed by atoms with E-state index in [0.717, 1.165) is 36.4 Å². The topological polar surface area (TPSA) is 35.8 Å². The summed E-state index contributed by atoms with van der Waals surface area (Å²) < 4.78 is 0. The van der Waals surface area contributed by atoms with Crippen LogP contribution in [0, 0.1) is 17.2 Å². The van der Waals surface area contributed by atoms with E-state index in [9.17, 15) is 5.26 Å². The Morgan fingerprint density at radius 3 is 2.72 bits per heavy atom. The maximum Gasteiger partial charge on any atom is 0.128 e. The van der Waals surface area contributed by atoms with Gasteiger partial charge in [-0.05, 0) is 43.0 Å². The van der Waals surface area contributed by atoms with E-state index in [1.807, 2.05) is 24.3 Å². The fourth-order valence-electron chi connectivity index (χ4n) is 2.93. The predicted octanol–water partition coefficient (Wildman–Crippen LogP) is 4.61. The van der Waals surface area contributed by atoms with Gasteiger partial charge in [-0.15, -0.1) is 0 Å². The molecule has 2 atom stereocenters. The van der Waals surface area contributed by atoms with Gasteiger partial charge in [0.05, 0.1) is 6.07 Å². The van der Waals surface area contributed by atoms with Crippen molar-refractivity contribution in [2.45, 2.75) is 44.6 Å². The average molecular weight is 263 g/mol. The molecule has 0 saturated heterocycles.